The summed E-state index contributed by atoms with van der Waals surface area (Å²) in [6, 6.07) is 6.80. The van der Waals surface area contributed by atoms with Crippen LogP contribution in [-0.2, 0) is 13.1 Å². The van der Waals surface area contributed by atoms with Crippen molar-refractivity contribution in [3.63, 3.8) is 0 Å². The van der Waals surface area contributed by atoms with Gasteiger partial charge in [-0.25, -0.2) is 0 Å². The summed E-state index contributed by atoms with van der Waals surface area (Å²) in [5.41, 5.74) is 9.16. The first-order chi connectivity index (χ1) is 9.08. The van der Waals surface area contributed by atoms with Gasteiger partial charge in [0.05, 0.1) is 0 Å². The molecule has 0 aliphatic carbocycles. The Morgan fingerprint density at radius 1 is 1.11 bits per heavy atom. The molecule has 0 amide bonds. The highest BCUT2D eigenvalue weighted by molar-refractivity contribution is 5.82. The van der Waals surface area contributed by atoms with Crippen LogP contribution in [0.2, 0.25) is 0 Å². The van der Waals surface area contributed by atoms with Crippen molar-refractivity contribution in [2.75, 3.05) is 7.05 Å². The van der Waals surface area contributed by atoms with Crippen molar-refractivity contribution in [3.05, 3.63) is 64.5 Å². The van der Waals surface area contributed by atoms with Crippen LogP contribution in [0, 0.1) is 0 Å². The summed E-state index contributed by atoms with van der Waals surface area (Å²) in [7, 11) is 2.06. The van der Waals surface area contributed by atoms with Crippen molar-refractivity contribution < 1.29 is 0 Å². The largest absolute Gasteiger partial charge is 0.351 e. The fourth-order valence-corrected chi connectivity index (χ4v) is 2.80. The molecule has 0 saturated heterocycles. The zero-order valence-electron chi connectivity index (χ0n) is 11.9. The quantitative estimate of drug-likeness (QED) is 0.824. The number of fused-ring (bicyclic) bond motifs is 1. The molecule has 2 heterocycles. The predicted octanol–water partition coefficient (Wildman–Crippen LogP) is 3.43. The van der Waals surface area contributed by atoms with E-state index in [1.165, 1.54) is 33.4 Å². The third kappa shape index (κ3) is 1.92. The van der Waals surface area contributed by atoms with Crippen molar-refractivity contribution in [1.29, 1.82) is 0 Å². The highest BCUT2D eigenvalue weighted by Crippen LogP contribution is 2.34. The van der Waals surface area contributed by atoms with Crippen LogP contribution in [-0.4, -0.2) is 11.9 Å². The van der Waals surface area contributed by atoms with Crippen molar-refractivity contribution >= 4 is 5.57 Å². The van der Waals surface area contributed by atoms with Crippen LogP contribution in [0.5, 0.6) is 0 Å². The average molecular weight is 252 g/mol. The lowest BCUT2D eigenvalue weighted by Gasteiger charge is -2.28. The summed E-state index contributed by atoms with van der Waals surface area (Å²) in [4.78, 5) is 2.11. The number of hydrogen-bond acceptors (Lipinski definition) is 2. The van der Waals surface area contributed by atoms with E-state index in [9.17, 15) is 0 Å². The van der Waals surface area contributed by atoms with Gasteiger partial charge in [-0.3, -0.25) is 0 Å². The third-order valence-corrected chi connectivity index (χ3v) is 4.30. The number of hydrogen-bond donors (Lipinski definition) is 1. The monoisotopic (exact) mass is 252 g/mol. The minimum Gasteiger partial charge on any atom is -0.351 e. The van der Waals surface area contributed by atoms with Gasteiger partial charge in [0.15, 0.2) is 0 Å². The fourth-order valence-electron chi connectivity index (χ4n) is 2.80. The number of likely N-dealkylation sites (N-methyl/N-ethyl adjacent to an activating group) is 1. The number of allylic oxidation sites excluding steroid dienone is 3. The fraction of sp³-hybridized carbons (Fsp3) is 0.294. The molecule has 98 valence electrons. The first kappa shape index (κ1) is 12.2. The van der Waals surface area contributed by atoms with Crippen molar-refractivity contribution in [2.45, 2.75) is 26.9 Å². The Morgan fingerprint density at radius 2 is 1.84 bits per heavy atom. The van der Waals surface area contributed by atoms with Gasteiger partial charge >= 0.3 is 0 Å². The van der Waals surface area contributed by atoms with E-state index in [-0.39, 0.29) is 0 Å². The Labute approximate surface area is 115 Å². The van der Waals surface area contributed by atoms with Gasteiger partial charge in [0.2, 0.25) is 0 Å². The molecular weight excluding hydrogens is 232 g/mol. The second-order valence-electron chi connectivity index (χ2n) is 5.44. The second-order valence-corrected chi connectivity index (χ2v) is 5.44. The Bertz CT molecular complexity index is 620. The maximum absolute atomic E-state index is 4.13. The van der Waals surface area contributed by atoms with Crippen LogP contribution in [0.15, 0.2) is 47.8 Å². The van der Waals surface area contributed by atoms with Crippen molar-refractivity contribution in [2.24, 2.45) is 0 Å². The Balaban J connectivity index is 2.07. The van der Waals surface area contributed by atoms with Crippen LogP contribution in [0.4, 0.5) is 0 Å². The topological polar surface area (TPSA) is 15.3 Å². The zero-order chi connectivity index (χ0) is 13.6. The molecule has 1 aromatic rings. The first-order valence-corrected chi connectivity index (χ1v) is 6.72. The SMILES string of the molecule is C=C1C(C)=C(C)C(c2ccc3c(c2)CNC3)=CN1C. The lowest BCUT2D eigenvalue weighted by Crippen LogP contribution is -2.16. The first-order valence-electron chi connectivity index (χ1n) is 6.72. The summed E-state index contributed by atoms with van der Waals surface area (Å²) < 4.78 is 0. The maximum atomic E-state index is 4.13. The molecule has 2 heteroatoms. The molecule has 3 rings (SSSR count). The molecule has 2 aliphatic rings. The minimum atomic E-state index is 0.987. The number of rotatable bonds is 1. The van der Waals surface area contributed by atoms with E-state index in [1.54, 1.807) is 0 Å². The van der Waals surface area contributed by atoms with Crippen LogP contribution in [0.1, 0.15) is 30.5 Å². The summed E-state index contributed by atoms with van der Waals surface area (Å²) >= 11 is 0. The predicted molar refractivity (Wildman–Crippen MR) is 80.2 cm³/mol. The normalized spacial score (nSPS) is 18.8. The van der Waals surface area contributed by atoms with Gasteiger partial charge in [-0.1, -0.05) is 18.7 Å². The highest BCUT2D eigenvalue weighted by Gasteiger charge is 2.18. The number of nitrogens with zero attached hydrogens (tertiary/aromatic N) is 1. The van der Waals surface area contributed by atoms with Crippen LogP contribution >= 0.6 is 0 Å². The smallest absolute Gasteiger partial charge is 0.0363 e. The molecule has 0 bridgehead atoms. The van der Waals surface area contributed by atoms with E-state index in [0.717, 1.165) is 18.8 Å². The van der Waals surface area contributed by atoms with Crippen LogP contribution in [0.3, 0.4) is 0 Å². The molecule has 0 spiro atoms. The molecule has 2 aliphatic heterocycles. The summed E-state index contributed by atoms with van der Waals surface area (Å²) in [6.07, 6.45) is 2.19. The van der Waals surface area contributed by atoms with E-state index < -0.39 is 0 Å². The van der Waals surface area contributed by atoms with Crippen LogP contribution < -0.4 is 5.32 Å². The van der Waals surface area contributed by atoms with Gasteiger partial charge in [0, 0.05) is 37.6 Å². The maximum Gasteiger partial charge on any atom is 0.0363 e. The van der Waals surface area contributed by atoms with E-state index in [4.69, 9.17) is 0 Å². The molecule has 1 aromatic carbocycles. The van der Waals surface area contributed by atoms with Crippen molar-refractivity contribution in [1.82, 2.24) is 10.2 Å². The van der Waals surface area contributed by atoms with Gasteiger partial charge < -0.3 is 10.2 Å². The molecule has 0 atom stereocenters. The molecule has 1 N–H and O–H groups in total. The minimum absolute atomic E-state index is 0.987. The lowest BCUT2D eigenvalue weighted by molar-refractivity contribution is 0.576. The number of benzene rings is 1. The molecule has 0 saturated carbocycles. The van der Waals surface area contributed by atoms with Gasteiger partial charge in [0.1, 0.15) is 0 Å². The average Bonchev–Trinajstić information content (AvgIpc) is 2.87. The molecule has 2 nitrogen and oxygen atoms in total. The Kier molecular flexibility index (Phi) is 2.83. The summed E-state index contributed by atoms with van der Waals surface area (Å²) in [5.74, 6) is 0. The number of nitrogens with one attached hydrogen (secondary N) is 1. The highest BCUT2D eigenvalue weighted by atomic mass is 15.1. The molecule has 0 radical (unpaired) electrons. The van der Waals surface area contributed by atoms with E-state index in [2.05, 4.69) is 62.1 Å². The van der Waals surface area contributed by atoms with Gasteiger partial charge in [0.25, 0.3) is 0 Å². The Hall–Kier alpha value is -1.80. The molecular formula is C17H20N2. The lowest BCUT2D eigenvalue weighted by atomic mass is 9.91. The van der Waals surface area contributed by atoms with E-state index in [1.807, 2.05) is 0 Å². The molecule has 0 fully saturated rings. The van der Waals surface area contributed by atoms with Gasteiger partial charge in [-0.2, -0.15) is 0 Å². The molecule has 0 unspecified atom stereocenters. The van der Waals surface area contributed by atoms with Gasteiger partial charge in [-0.15, -0.1) is 0 Å². The van der Waals surface area contributed by atoms with E-state index >= 15 is 0 Å². The second kappa shape index (κ2) is 4.39. The molecule has 19 heavy (non-hydrogen) atoms. The van der Waals surface area contributed by atoms with Crippen LogP contribution in [0.25, 0.3) is 5.57 Å². The Morgan fingerprint density at radius 3 is 2.63 bits per heavy atom. The summed E-state index contributed by atoms with van der Waals surface area (Å²) in [6.45, 7) is 10.4. The van der Waals surface area contributed by atoms with Gasteiger partial charge in [-0.05, 0) is 47.8 Å². The molecule has 0 aromatic heterocycles. The third-order valence-electron chi connectivity index (χ3n) is 4.30. The summed E-state index contributed by atoms with van der Waals surface area (Å²) in [5, 5.41) is 3.40. The standard InChI is InChI=1S/C17H20N2/c1-11-12(2)17(10-19(4)13(11)3)14-5-6-15-8-18-9-16(15)7-14/h5-7,10,18H,3,8-9H2,1-2,4H3. The van der Waals surface area contributed by atoms with Crippen molar-refractivity contribution in [3.8, 4) is 0 Å². The van der Waals surface area contributed by atoms with E-state index in [0.29, 0.717) is 0 Å². The zero-order valence-corrected chi connectivity index (χ0v) is 11.9.